The molecule has 0 fully saturated rings. The molecule has 15 heavy (non-hydrogen) atoms. The van der Waals surface area contributed by atoms with Gasteiger partial charge in [0.15, 0.2) is 0 Å². The maximum Gasteiger partial charge on any atom is 0.214 e. The summed E-state index contributed by atoms with van der Waals surface area (Å²) in [6.07, 6.45) is 5.84. The zero-order valence-electron chi connectivity index (χ0n) is 9.31. The van der Waals surface area contributed by atoms with Gasteiger partial charge in [-0.15, -0.1) is 0 Å². The molecule has 0 saturated heterocycles. The number of aromatic nitrogens is 1. The molecule has 0 amide bonds. The van der Waals surface area contributed by atoms with E-state index in [0.29, 0.717) is 6.04 Å². The van der Waals surface area contributed by atoms with Crippen LogP contribution in [0.5, 0.6) is 0 Å². The smallest absolute Gasteiger partial charge is 0.214 e. The first kappa shape index (κ1) is 10.0. The van der Waals surface area contributed by atoms with Crippen molar-refractivity contribution in [2.45, 2.75) is 26.8 Å². The summed E-state index contributed by atoms with van der Waals surface area (Å²) in [6.45, 7) is 9.51. The van der Waals surface area contributed by atoms with Crippen molar-refractivity contribution in [3.05, 3.63) is 43.0 Å². The van der Waals surface area contributed by atoms with Crippen molar-refractivity contribution in [1.29, 1.82) is 0 Å². The van der Waals surface area contributed by atoms with Crippen molar-refractivity contribution in [2.24, 2.45) is 0 Å². The number of hydrogen-bond acceptors (Lipinski definition) is 3. The molecule has 0 aromatic carbocycles. The second-order valence-corrected chi connectivity index (χ2v) is 3.96. The van der Waals surface area contributed by atoms with Gasteiger partial charge in [0.2, 0.25) is 6.67 Å². The molecule has 2 heterocycles. The van der Waals surface area contributed by atoms with Gasteiger partial charge >= 0.3 is 0 Å². The molecular weight excluding hydrogens is 186 g/mol. The lowest BCUT2D eigenvalue weighted by molar-refractivity contribution is 0.386. The van der Waals surface area contributed by atoms with Crippen LogP contribution < -0.4 is 4.90 Å². The van der Waals surface area contributed by atoms with Gasteiger partial charge in [-0.05, 0) is 32.4 Å². The lowest BCUT2D eigenvalue weighted by Crippen LogP contribution is -2.25. The minimum Gasteiger partial charge on any atom is -0.343 e. The van der Waals surface area contributed by atoms with Crippen LogP contribution in [-0.4, -0.2) is 15.9 Å². The van der Waals surface area contributed by atoms with E-state index in [9.17, 15) is 0 Å². The fraction of sp³-hybridized carbons (Fsp3) is 0.333. The van der Waals surface area contributed by atoms with Crippen molar-refractivity contribution >= 4 is 5.82 Å². The van der Waals surface area contributed by atoms with E-state index in [2.05, 4.69) is 31.6 Å². The van der Waals surface area contributed by atoms with Gasteiger partial charge in [0.1, 0.15) is 5.82 Å². The number of nitrogens with zero attached hydrogens (tertiary/aromatic N) is 3. The standard InChI is InChI=1S/C12H15N3/c1-10(2)14-6-7-15(9-14)12-5-4-11(3)8-13-12/h4-8,10H,1-3H3. The van der Waals surface area contributed by atoms with Crippen molar-refractivity contribution in [3.63, 3.8) is 0 Å². The molecule has 78 valence electrons. The normalized spacial score (nSPS) is 15.5. The quantitative estimate of drug-likeness (QED) is 0.732. The fourth-order valence-corrected chi connectivity index (χ4v) is 1.35. The van der Waals surface area contributed by atoms with Crippen molar-refractivity contribution in [2.75, 3.05) is 4.90 Å². The van der Waals surface area contributed by atoms with Crippen LogP contribution >= 0.6 is 0 Å². The molecule has 0 atom stereocenters. The molecule has 0 saturated carbocycles. The highest BCUT2D eigenvalue weighted by molar-refractivity contribution is 5.46. The number of anilines is 1. The predicted octanol–water partition coefficient (Wildman–Crippen LogP) is 2.39. The van der Waals surface area contributed by atoms with Crippen molar-refractivity contribution in [1.82, 2.24) is 9.88 Å². The van der Waals surface area contributed by atoms with E-state index in [1.54, 1.807) is 0 Å². The van der Waals surface area contributed by atoms with Gasteiger partial charge in [0.25, 0.3) is 0 Å². The molecule has 0 spiro atoms. The molecule has 1 aliphatic heterocycles. The molecule has 0 aliphatic carbocycles. The van der Waals surface area contributed by atoms with Gasteiger partial charge in [-0.1, -0.05) is 6.07 Å². The zero-order valence-corrected chi connectivity index (χ0v) is 9.31. The van der Waals surface area contributed by atoms with Crippen LogP contribution in [-0.2, 0) is 0 Å². The summed E-state index contributed by atoms with van der Waals surface area (Å²) in [7, 11) is 0. The molecule has 3 heteroatoms. The molecule has 1 aromatic rings. The maximum absolute atomic E-state index is 4.34. The highest BCUT2D eigenvalue weighted by atomic mass is 15.4. The summed E-state index contributed by atoms with van der Waals surface area (Å²) in [4.78, 5) is 8.27. The summed E-state index contributed by atoms with van der Waals surface area (Å²) in [6, 6.07) is 4.48. The molecule has 2 rings (SSSR count). The lowest BCUT2D eigenvalue weighted by Gasteiger charge is -2.21. The third-order valence-corrected chi connectivity index (χ3v) is 2.30. The van der Waals surface area contributed by atoms with Gasteiger partial charge in [0.05, 0.1) is 0 Å². The summed E-state index contributed by atoms with van der Waals surface area (Å²) < 4.78 is 0. The highest BCUT2D eigenvalue weighted by Crippen LogP contribution is 2.21. The Bertz CT molecular complexity index is 354. The van der Waals surface area contributed by atoms with Crippen LogP contribution in [0.3, 0.4) is 0 Å². The van der Waals surface area contributed by atoms with E-state index in [0.717, 1.165) is 5.82 Å². The van der Waals surface area contributed by atoms with Crippen LogP contribution in [0.15, 0.2) is 30.7 Å². The largest absolute Gasteiger partial charge is 0.343 e. The highest BCUT2D eigenvalue weighted by Gasteiger charge is 2.18. The predicted molar refractivity (Wildman–Crippen MR) is 60.8 cm³/mol. The van der Waals surface area contributed by atoms with Crippen LogP contribution in [0.2, 0.25) is 0 Å². The molecule has 1 aromatic heterocycles. The Morgan fingerprint density at radius 2 is 2.07 bits per heavy atom. The molecule has 1 aliphatic rings. The van der Waals surface area contributed by atoms with Gasteiger partial charge in [-0.25, -0.2) is 4.98 Å². The second kappa shape index (κ2) is 3.93. The van der Waals surface area contributed by atoms with E-state index in [-0.39, 0.29) is 0 Å². The van der Waals surface area contributed by atoms with E-state index in [4.69, 9.17) is 0 Å². The third-order valence-electron chi connectivity index (χ3n) is 2.30. The van der Waals surface area contributed by atoms with E-state index >= 15 is 0 Å². The van der Waals surface area contributed by atoms with Crippen LogP contribution in [0.4, 0.5) is 5.82 Å². The Hall–Kier alpha value is -1.51. The van der Waals surface area contributed by atoms with Crippen LogP contribution in [0, 0.1) is 13.6 Å². The van der Waals surface area contributed by atoms with E-state index in [1.165, 1.54) is 5.56 Å². The first-order valence-electron chi connectivity index (χ1n) is 5.11. The van der Waals surface area contributed by atoms with Gasteiger partial charge in [-0.3, -0.25) is 4.90 Å². The number of rotatable bonds is 2. The van der Waals surface area contributed by atoms with E-state index < -0.39 is 0 Å². The van der Waals surface area contributed by atoms with Crippen LogP contribution in [0.25, 0.3) is 0 Å². The molecule has 2 radical (unpaired) electrons. The van der Waals surface area contributed by atoms with E-state index in [1.807, 2.05) is 41.4 Å². The first-order chi connectivity index (χ1) is 7.16. The van der Waals surface area contributed by atoms with Crippen molar-refractivity contribution < 1.29 is 0 Å². The minimum absolute atomic E-state index is 0.427. The average Bonchev–Trinajstić information content (AvgIpc) is 2.68. The molecule has 0 N–H and O–H groups in total. The van der Waals surface area contributed by atoms with Crippen molar-refractivity contribution in [3.8, 4) is 0 Å². The van der Waals surface area contributed by atoms with Gasteiger partial charge < -0.3 is 4.90 Å². The SMILES string of the molecule is Cc1ccc(N2[C]N(C(C)C)C=C2)nc1. The molecule has 0 bridgehead atoms. The summed E-state index contributed by atoms with van der Waals surface area (Å²) in [5.41, 5.74) is 1.17. The Balaban J connectivity index is 2.09. The van der Waals surface area contributed by atoms with Gasteiger partial charge in [-0.2, -0.15) is 0 Å². The topological polar surface area (TPSA) is 19.4 Å². The Kier molecular flexibility index (Phi) is 2.62. The number of aryl methyl sites for hydroxylation is 1. The minimum atomic E-state index is 0.427. The van der Waals surface area contributed by atoms with Gasteiger partial charge in [0, 0.05) is 24.6 Å². The molecule has 0 unspecified atom stereocenters. The summed E-state index contributed by atoms with van der Waals surface area (Å²) >= 11 is 0. The fourth-order valence-electron chi connectivity index (χ4n) is 1.35. The monoisotopic (exact) mass is 201 g/mol. The van der Waals surface area contributed by atoms with Crippen LogP contribution in [0.1, 0.15) is 19.4 Å². The maximum atomic E-state index is 4.34. The Labute approximate surface area is 91.0 Å². The summed E-state index contributed by atoms with van der Waals surface area (Å²) in [5, 5.41) is 0. The summed E-state index contributed by atoms with van der Waals surface area (Å²) in [5.74, 6) is 0.903. The second-order valence-electron chi connectivity index (χ2n) is 3.96. The zero-order chi connectivity index (χ0) is 10.8. The number of pyridine rings is 1. The first-order valence-corrected chi connectivity index (χ1v) is 5.11. The molecule has 3 nitrogen and oxygen atoms in total. The lowest BCUT2D eigenvalue weighted by atomic mass is 10.3. The molecular formula is C12H15N3. The third kappa shape index (κ3) is 2.12. The average molecular weight is 201 g/mol. The Morgan fingerprint density at radius 3 is 2.60 bits per heavy atom. The Morgan fingerprint density at radius 1 is 1.27 bits per heavy atom. The number of hydrogen-bond donors (Lipinski definition) is 0.